The van der Waals surface area contributed by atoms with Gasteiger partial charge in [0.1, 0.15) is 21.6 Å². The number of thiocarbonyl (C=S) groups is 1. The first kappa shape index (κ1) is 24.6. The second-order valence-corrected chi connectivity index (χ2v) is 11.2. The standard InChI is InChI=1S/C27H27FN4O2S2/c1-16-5-11-20(12-6-16)29-23-21(25(33)31-13-3-4-17(2)24(31)30-23)14-22-26(34)32(27(35)36-22)15-18-7-9-19(28)10-8-18/h3-4,7-10,13-14,16,20,29H,5-6,11-12,15H2,1-2H3/b22-14+. The molecular formula is C27H27FN4O2S2. The van der Waals surface area contributed by atoms with Gasteiger partial charge in [-0.1, -0.05) is 49.1 Å². The molecule has 36 heavy (non-hydrogen) atoms. The van der Waals surface area contributed by atoms with Crippen molar-refractivity contribution in [3.05, 3.63) is 80.4 Å². The van der Waals surface area contributed by atoms with Crippen LogP contribution in [0.2, 0.25) is 0 Å². The maximum Gasteiger partial charge on any atom is 0.267 e. The van der Waals surface area contributed by atoms with Gasteiger partial charge in [0.05, 0.1) is 17.0 Å². The first-order chi connectivity index (χ1) is 17.3. The minimum absolute atomic E-state index is 0.222. The zero-order valence-electron chi connectivity index (χ0n) is 20.2. The monoisotopic (exact) mass is 522 g/mol. The van der Waals surface area contributed by atoms with Gasteiger partial charge < -0.3 is 5.32 Å². The van der Waals surface area contributed by atoms with E-state index in [2.05, 4.69) is 12.2 Å². The number of aromatic nitrogens is 2. The van der Waals surface area contributed by atoms with Crippen molar-refractivity contribution in [2.24, 2.45) is 5.92 Å². The third-order valence-corrected chi connectivity index (χ3v) is 8.22. The molecular weight excluding hydrogens is 495 g/mol. The molecule has 9 heteroatoms. The number of anilines is 1. The highest BCUT2D eigenvalue weighted by molar-refractivity contribution is 8.26. The van der Waals surface area contributed by atoms with Crippen LogP contribution < -0.4 is 10.9 Å². The van der Waals surface area contributed by atoms with Crippen molar-refractivity contribution in [2.75, 3.05) is 5.32 Å². The van der Waals surface area contributed by atoms with Crippen LogP contribution in [-0.2, 0) is 11.3 Å². The molecule has 2 aliphatic rings. The Morgan fingerprint density at radius 3 is 2.61 bits per heavy atom. The number of pyridine rings is 1. The lowest BCUT2D eigenvalue weighted by molar-refractivity contribution is -0.122. The van der Waals surface area contributed by atoms with Gasteiger partial charge in [0.2, 0.25) is 0 Å². The van der Waals surface area contributed by atoms with Gasteiger partial charge in [0.15, 0.2) is 0 Å². The van der Waals surface area contributed by atoms with Crippen LogP contribution in [0.15, 0.2) is 52.3 Å². The number of aryl methyl sites for hydroxylation is 1. The van der Waals surface area contributed by atoms with Gasteiger partial charge in [0.25, 0.3) is 11.5 Å². The summed E-state index contributed by atoms with van der Waals surface area (Å²) in [4.78, 5) is 33.6. The number of hydrogen-bond acceptors (Lipinski definition) is 6. The Kier molecular flexibility index (Phi) is 6.94. The Morgan fingerprint density at radius 2 is 1.89 bits per heavy atom. The molecule has 2 fully saturated rings. The molecule has 6 nitrogen and oxygen atoms in total. The minimum atomic E-state index is -0.337. The van der Waals surface area contributed by atoms with Crippen LogP contribution in [0.1, 0.15) is 49.3 Å². The van der Waals surface area contributed by atoms with Gasteiger partial charge in [-0.05, 0) is 73.9 Å². The van der Waals surface area contributed by atoms with Crippen molar-refractivity contribution in [1.29, 1.82) is 0 Å². The highest BCUT2D eigenvalue weighted by Gasteiger charge is 2.33. The fourth-order valence-corrected chi connectivity index (χ4v) is 5.93. The molecule has 1 saturated heterocycles. The van der Waals surface area contributed by atoms with E-state index >= 15 is 0 Å². The molecule has 1 saturated carbocycles. The maximum absolute atomic E-state index is 13.6. The van der Waals surface area contributed by atoms with Crippen LogP contribution >= 0.6 is 24.0 Å². The number of halogens is 1. The number of benzene rings is 1. The number of rotatable bonds is 5. The maximum atomic E-state index is 13.6. The Hall–Kier alpha value is -3.04. The van der Waals surface area contributed by atoms with Crippen molar-refractivity contribution in [3.63, 3.8) is 0 Å². The van der Waals surface area contributed by atoms with E-state index in [-0.39, 0.29) is 29.9 Å². The van der Waals surface area contributed by atoms with Crippen molar-refractivity contribution >= 4 is 51.7 Å². The van der Waals surface area contributed by atoms with E-state index in [9.17, 15) is 14.0 Å². The molecule has 1 aliphatic heterocycles. The second-order valence-electron chi connectivity index (χ2n) is 9.56. The van der Waals surface area contributed by atoms with Crippen molar-refractivity contribution < 1.29 is 9.18 Å². The van der Waals surface area contributed by atoms with Crippen LogP contribution in [0.25, 0.3) is 11.7 Å². The van der Waals surface area contributed by atoms with E-state index < -0.39 is 0 Å². The average Bonchev–Trinajstić information content (AvgIpc) is 3.12. The van der Waals surface area contributed by atoms with Gasteiger partial charge >= 0.3 is 0 Å². The van der Waals surface area contributed by atoms with E-state index in [1.54, 1.807) is 24.4 Å². The summed E-state index contributed by atoms with van der Waals surface area (Å²) < 4.78 is 15.2. The molecule has 2 aromatic heterocycles. The molecule has 3 heterocycles. The Labute approximate surface area is 218 Å². The van der Waals surface area contributed by atoms with Gasteiger partial charge in [-0.25, -0.2) is 9.37 Å². The number of carbonyl (C=O) groups excluding carboxylic acids is 1. The van der Waals surface area contributed by atoms with Gasteiger partial charge in [-0.15, -0.1) is 0 Å². The number of thioether (sulfide) groups is 1. The number of fused-ring (bicyclic) bond motifs is 1. The number of nitrogens with one attached hydrogen (secondary N) is 1. The average molecular weight is 523 g/mol. The molecule has 0 spiro atoms. The van der Waals surface area contributed by atoms with Crippen LogP contribution in [-0.4, -0.2) is 30.6 Å². The van der Waals surface area contributed by atoms with Crippen LogP contribution in [0.5, 0.6) is 0 Å². The summed E-state index contributed by atoms with van der Waals surface area (Å²) in [7, 11) is 0. The highest BCUT2D eigenvalue weighted by atomic mass is 32.2. The van der Waals surface area contributed by atoms with Crippen molar-refractivity contribution in [2.45, 2.75) is 52.1 Å². The van der Waals surface area contributed by atoms with E-state index in [0.717, 1.165) is 48.6 Å². The minimum Gasteiger partial charge on any atom is -0.367 e. The molecule has 0 radical (unpaired) electrons. The topological polar surface area (TPSA) is 66.7 Å². The normalized spacial score (nSPS) is 21.5. The van der Waals surface area contributed by atoms with Crippen molar-refractivity contribution in [1.82, 2.24) is 14.3 Å². The van der Waals surface area contributed by atoms with E-state index in [4.69, 9.17) is 17.2 Å². The van der Waals surface area contributed by atoms with E-state index in [1.165, 1.54) is 21.4 Å². The molecule has 0 bridgehead atoms. The molecule has 1 aliphatic carbocycles. The quantitative estimate of drug-likeness (QED) is 0.351. The molecule has 186 valence electrons. The van der Waals surface area contributed by atoms with Gasteiger partial charge in [0, 0.05) is 12.2 Å². The largest absolute Gasteiger partial charge is 0.367 e. The lowest BCUT2D eigenvalue weighted by Crippen LogP contribution is -2.29. The summed E-state index contributed by atoms with van der Waals surface area (Å²) in [6.07, 6.45) is 7.58. The fourth-order valence-electron chi connectivity index (χ4n) is 4.69. The summed E-state index contributed by atoms with van der Waals surface area (Å²) in [6, 6.07) is 9.94. The zero-order valence-corrected chi connectivity index (χ0v) is 21.8. The lowest BCUT2D eigenvalue weighted by Gasteiger charge is -2.28. The first-order valence-corrected chi connectivity index (χ1v) is 13.3. The molecule has 5 rings (SSSR count). The highest BCUT2D eigenvalue weighted by Crippen LogP contribution is 2.34. The van der Waals surface area contributed by atoms with Gasteiger partial charge in [-0.2, -0.15) is 0 Å². The summed E-state index contributed by atoms with van der Waals surface area (Å²) in [5.74, 6) is 0.580. The smallest absolute Gasteiger partial charge is 0.267 e. The predicted molar refractivity (Wildman–Crippen MR) is 146 cm³/mol. The lowest BCUT2D eigenvalue weighted by atomic mass is 9.87. The van der Waals surface area contributed by atoms with Crippen molar-refractivity contribution in [3.8, 4) is 0 Å². The predicted octanol–water partition coefficient (Wildman–Crippen LogP) is 5.53. The number of hydrogen-bond donors (Lipinski definition) is 1. The third-order valence-electron chi connectivity index (χ3n) is 6.84. The molecule has 3 aromatic rings. The van der Waals surface area contributed by atoms with E-state index in [1.807, 2.05) is 19.1 Å². The summed E-state index contributed by atoms with van der Waals surface area (Å²) >= 11 is 6.64. The number of amides is 1. The summed E-state index contributed by atoms with van der Waals surface area (Å²) in [5.41, 5.74) is 2.37. The fraction of sp³-hybridized carbons (Fsp3) is 0.333. The number of nitrogens with zero attached hydrogens (tertiary/aromatic N) is 3. The van der Waals surface area contributed by atoms with Gasteiger partial charge in [-0.3, -0.25) is 18.9 Å². The molecule has 0 unspecified atom stereocenters. The molecule has 1 aromatic carbocycles. The molecule has 1 N–H and O–H groups in total. The third kappa shape index (κ3) is 4.95. The summed E-state index contributed by atoms with van der Waals surface area (Å²) in [5, 5.41) is 3.52. The molecule has 1 amide bonds. The number of carbonyl (C=O) groups is 1. The Bertz CT molecular complexity index is 1430. The Balaban J connectivity index is 1.52. The Morgan fingerprint density at radius 1 is 1.17 bits per heavy atom. The van der Waals surface area contributed by atoms with Crippen LogP contribution in [0.4, 0.5) is 10.2 Å². The second kappa shape index (κ2) is 10.1. The van der Waals surface area contributed by atoms with Crippen LogP contribution in [0.3, 0.4) is 0 Å². The summed E-state index contributed by atoms with van der Waals surface area (Å²) in [6.45, 7) is 4.43. The van der Waals surface area contributed by atoms with E-state index in [0.29, 0.717) is 32.2 Å². The molecule has 0 atom stereocenters. The SMILES string of the molecule is Cc1cccn2c(=O)c(/C=C3/SC(=S)N(Cc4ccc(F)cc4)C3=O)c(NC3CCC(C)CC3)nc12. The van der Waals surface area contributed by atoms with Crippen LogP contribution in [0, 0.1) is 18.7 Å². The zero-order chi connectivity index (χ0) is 25.4. The first-order valence-electron chi connectivity index (χ1n) is 12.1.